The lowest BCUT2D eigenvalue weighted by Crippen LogP contribution is -2.52. The molecular formula is C23H30N4O. The lowest BCUT2D eigenvalue weighted by atomic mass is 10.2. The smallest absolute Gasteiger partial charge is 0.317 e. The van der Waals surface area contributed by atoms with Crippen LogP contribution in [0.25, 0.3) is 0 Å². The van der Waals surface area contributed by atoms with Gasteiger partial charge in [0.25, 0.3) is 0 Å². The molecule has 2 amide bonds. The van der Waals surface area contributed by atoms with Crippen molar-refractivity contribution in [3.05, 3.63) is 59.7 Å². The van der Waals surface area contributed by atoms with Crippen LogP contribution in [0.3, 0.4) is 0 Å². The van der Waals surface area contributed by atoms with Gasteiger partial charge in [-0.1, -0.05) is 30.3 Å². The zero-order valence-electron chi connectivity index (χ0n) is 16.7. The third-order valence-electron chi connectivity index (χ3n) is 5.80. The van der Waals surface area contributed by atoms with Crippen molar-refractivity contribution in [2.45, 2.75) is 19.8 Å². The number of urea groups is 1. The van der Waals surface area contributed by atoms with Gasteiger partial charge >= 0.3 is 6.03 Å². The number of nitrogens with zero attached hydrogens (tertiary/aromatic N) is 3. The van der Waals surface area contributed by atoms with Gasteiger partial charge in [-0.05, 0) is 49.1 Å². The maximum absolute atomic E-state index is 12.5. The van der Waals surface area contributed by atoms with E-state index in [1.165, 1.54) is 22.5 Å². The molecule has 1 fully saturated rings. The van der Waals surface area contributed by atoms with Gasteiger partial charge < -0.3 is 20.0 Å². The fourth-order valence-electron chi connectivity index (χ4n) is 4.21. The topological polar surface area (TPSA) is 38.8 Å². The predicted molar refractivity (Wildman–Crippen MR) is 115 cm³/mol. The molecular weight excluding hydrogens is 348 g/mol. The summed E-state index contributed by atoms with van der Waals surface area (Å²) in [5.41, 5.74) is 5.34. The number of para-hydroxylation sites is 1. The summed E-state index contributed by atoms with van der Waals surface area (Å²) in [6, 6.07) is 17.3. The maximum atomic E-state index is 12.5. The van der Waals surface area contributed by atoms with E-state index in [1.54, 1.807) is 0 Å². The van der Waals surface area contributed by atoms with Gasteiger partial charge in [-0.2, -0.15) is 0 Å². The maximum Gasteiger partial charge on any atom is 0.317 e. The summed E-state index contributed by atoms with van der Waals surface area (Å²) < 4.78 is 0. The molecule has 2 aliphatic rings. The summed E-state index contributed by atoms with van der Waals surface area (Å²) in [5.74, 6) is 0. The predicted octanol–water partition coefficient (Wildman–Crippen LogP) is 3.28. The molecule has 5 nitrogen and oxygen atoms in total. The van der Waals surface area contributed by atoms with E-state index >= 15 is 0 Å². The van der Waals surface area contributed by atoms with Crippen molar-refractivity contribution in [1.82, 2.24) is 10.2 Å². The van der Waals surface area contributed by atoms with Crippen LogP contribution in [-0.2, 0) is 6.42 Å². The van der Waals surface area contributed by atoms with Crippen LogP contribution in [0.2, 0.25) is 0 Å². The number of carbonyl (C=O) groups excluding carboxylic acids is 1. The number of carbonyl (C=O) groups is 1. The minimum absolute atomic E-state index is 0.0747. The molecule has 0 bridgehead atoms. The van der Waals surface area contributed by atoms with Crippen molar-refractivity contribution in [2.75, 3.05) is 55.6 Å². The van der Waals surface area contributed by atoms with Crippen molar-refractivity contribution >= 4 is 17.4 Å². The Hall–Kier alpha value is -2.69. The number of aryl methyl sites for hydroxylation is 1. The Balaban J connectivity index is 1.17. The average Bonchev–Trinajstić information content (AvgIpc) is 3.14. The number of hydrogen-bond acceptors (Lipinski definition) is 3. The summed E-state index contributed by atoms with van der Waals surface area (Å²) in [7, 11) is 0. The van der Waals surface area contributed by atoms with E-state index in [0.29, 0.717) is 0 Å². The van der Waals surface area contributed by atoms with E-state index in [4.69, 9.17) is 0 Å². The third-order valence-corrected chi connectivity index (χ3v) is 5.80. The largest absolute Gasteiger partial charge is 0.371 e. The standard InChI is InChI=1S/C23H30N4O/c1-19-6-4-8-21(18-19)25-14-16-27(17-15-25)23(28)24-11-5-12-26-13-10-20-7-2-3-9-22(20)26/h2-4,6-9,18H,5,10-17H2,1H3,(H,24,28). The van der Waals surface area contributed by atoms with E-state index < -0.39 is 0 Å². The summed E-state index contributed by atoms with van der Waals surface area (Å²) in [6.45, 7) is 8.28. The summed E-state index contributed by atoms with van der Waals surface area (Å²) in [6.07, 6.45) is 2.11. The number of benzene rings is 2. The van der Waals surface area contributed by atoms with Crippen LogP contribution in [-0.4, -0.2) is 56.7 Å². The van der Waals surface area contributed by atoms with Crippen LogP contribution < -0.4 is 15.1 Å². The summed E-state index contributed by atoms with van der Waals surface area (Å²) in [5, 5.41) is 3.11. The normalized spacial score (nSPS) is 16.2. The second-order valence-corrected chi connectivity index (χ2v) is 7.76. The molecule has 0 radical (unpaired) electrons. The number of fused-ring (bicyclic) bond motifs is 1. The van der Waals surface area contributed by atoms with Gasteiger partial charge in [0.2, 0.25) is 0 Å². The lowest BCUT2D eigenvalue weighted by Gasteiger charge is -2.36. The number of anilines is 2. The monoisotopic (exact) mass is 378 g/mol. The highest BCUT2D eigenvalue weighted by molar-refractivity contribution is 5.74. The first-order valence-corrected chi connectivity index (χ1v) is 10.4. The van der Waals surface area contributed by atoms with Gasteiger partial charge in [0, 0.05) is 57.2 Å². The molecule has 0 aliphatic carbocycles. The Morgan fingerprint density at radius 3 is 2.64 bits per heavy atom. The molecule has 2 aromatic carbocycles. The molecule has 0 spiro atoms. The zero-order valence-corrected chi connectivity index (χ0v) is 16.7. The molecule has 1 saturated heterocycles. The third kappa shape index (κ3) is 4.24. The van der Waals surface area contributed by atoms with Crippen LogP contribution >= 0.6 is 0 Å². The summed E-state index contributed by atoms with van der Waals surface area (Å²) >= 11 is 0. The van der Waals surface area contributed by atoms with Crippen molar-refractivity contribution < 1.29 is 4.79 Å². The van der Waals surface area contributed by atoms with Crippen molar-refractivity contribution in [1.29, 1.82) is 0 Å². The Labute approximate surface area is 167 Å². The number of hydrogen-bond donors (Lipinski definition) is 1. The molecule has 2 aliphatic heterocycles. The minimum atomic E-state index is 0.0747. The first-order valence-electron chi connectivity index (χ1n) is 10.4. The van der Waals surface area contributed by atoms with Crippen LogP contribution in [0.4, 0.5) is 16.2 Å². The van der Waals surface area contributed by atoms with E-state index in [1.807, 2.05) is 4.90 Å². The molecule has 2 heterocycles. The molecule has 2 aromatic rings. The van der Waals surface area contributed by atoms with Crippen molar-refractivity contribution in [3.8, 4) is 0 Å². The highest BCUT2D eigenvalue weighted by Crippen LogP contribution is 2.27. The number of rotatable bonds is 5. The van der Waals surface area contributed by atoms with Crippen LogP contribution in [0, 0.1) is 6.92 Å². The second-order valence-electron chi connectivity index (χ2n) is 7.76. The molecule has 0 unspecified atom stereocenters. The molecule has 0 saturated carbocycles. The van der Waals surface area contributed by atoms with Gasteiger partial charge in [-0.15, -0.1) is 0 Å². The van der Waals surface area contributed by atoms with Gasteiger partial charge in [0.05, 0.1) is 0 Å². The Morgan fingerprint density at radius 1 is 1.00 bits per heavy atom. The first-order chi connectivity index (χ1) is 13.7. The van der Waals surface area contributed by atoms with Crippen molar-refractivity contribution in [2.24, 2.45) is 0 Å². The molecule has 4 rings (SSSR count). The second kappa shape index (κ2) is 8.55. The SMILES string of the molecule is Cc1cccc(N2CCN(C(=O)NCCCN3CCc4ccccc43)CC2)c1. The van der Waals surface area contributed by atoms with E-state index in [0.717, 1.165) is 58.7 Å². The zero-order chi connectivity index (χ0) is 19.3. The fourth-order valence-corrected chi connectivity index (χ4v) is 4.21. The lowest BCUT2D eigenvalue weighted by molar-refractivity contribution is 0.194. The fraction of sp³-hybridized carbons (Fsp3) is 0.435. The van der Waals surface area contributed by atoms with Gasteiger partial charge in [0.1, 0.15) is 0 Å². The van der Waals surface area contributed by atoms with E-state index in [9.17, 15) is 4.79 Å². The highest BCUT2D eigenvalue weighted by Gasteiger charge is 2.21. The molecule has 1 N–H and O–H groups in total. The van der Waals surface area contributed by atoms with Crippen LogP contribution in [0.15, 0.2) is 48.5 Å². The van der Waals surface area contributed by atoms with Gasteiger partial charge in [-0.3, -0.25) is 0 Å². The highest BCUT2D eigenvalue weighted by atomic mass is 16.2. The molecule has 28 heavy (non-hydrogen) atoms. The number of nitrogens with one attached hydrogen (secondary N) is 1. The van der Waals surface area contributed by atoms with E-state index in [-0.39, 0.29) is 6.03 Å². The molecule has 0 atom stereocenters. The number of piperazine rings is 1. The van der Waals surface area contributed by atoms with Gasteiger partial charge in [0.15, 0.2) is 0 Å². The van der Waals surface area contributed by atoms with Crippen molar-refractivity contribution in [3.63, 3.8) is 0 Å². The summed E-state index contributed by atoms with van der Waals surface area (Å²) in [4.78, 5) is 19.2. The molecule has 148 valence electrons. The first kappa shape index (κ1) is 18.7. The average molecular weight is 379 g/mol. The van der Waals surface area contributed by atoms with Crippen LogP contribution in [0.1, 0.15) is 17.5 Å². The number of amides is 2. The Bertz CT molecular complexity index is 814. The minimum Gasteiger partial charge on any atom is -0.371 e. The molecule has 0 aromatic heterocycles. The van der Waals surface area contributed by atoms with Crippen LogP contribution in [0.5, 0.6) is 0 Å². The Kier molecular flexibility index (Phi) is 5.70. The molecule has 5 heteroatoms. The van der Waals surface area contributed by atoms with Gasteiger partial charge in [-0.25, -0.2) is 4.79 Å². The Morgan fingerprint density at radius 2 is 1.82 bits per heavy atom. The van der Waals surface area contributed by atoms with E-state index in [2.05, 4.69) is 70.6 Å². The quantitative estimate of drug-likeness (QED) is 0.812.